The predicted octanol–water partition coefficient (Wildman–Crippen LogP) is 2.86. The molecule has 5 nitrogen and oxygen atoms in total. The van der Waals surface area contributed by atoms with Gasteiger partial charge in [0.1, 0.15) is 11.5 Å². The molecule has 1 fully saturated rings. The van der Waals surface area contributed by atoms with E-state index in [2.05, 4.69) is 22.5 Å². The monoisotopic (exact) mass is 311 g/mol. The maximum absolute atomic E-state index is 12.3. The fourth-order valence-corrected chi connectivity index (χ4v) is 2.49. The van der Waals surface area contributed by atoms with Gasteiger partial charge in [-0.25, -0.2) is 4.98 Å². The van der Waals surface area contributed by atoms with Gasteiger partial charge in [-0.2, -0.15) is 0 Å². The third-order valence-electron chi connectivity index (χ3n) is 3.89. The quantitative estimate of drug-likeness (QED) is 0.813. The van der Waals surface area contributed by atoms with E-state index in [0.29, 0.717) is 17.4 Å². The molecular formula is C15H22ClN3O2. The van der Waals surface area contributed by atoms with Crippen LogP contribution in [-0.4, -0.2) is 36.7 Å². The van der Waals surface area contributed by atoms with E-state index >= 15 is 0 Å². The van der Waals surface area contributed by atoms with Crippen molar-refractivity contribution in [1.29, 1.82) is 0 Å². The number of anilines is 1. The summed E-state index contributed by atoms with van der Waals surface area (Å²) in [5.74, 6) is 0.403. The smallest absolute Gasteiger partial charge is 0.271 e. The third-order valence-corrected chi connectivity index (χ3v) is 4.19. The molecule has 1 aliphatic rings. The average molecular weight is 312 g/mol. The highest BCUT2D eigenvalue weighted by atomic mass is 35.5. The van der Waals surface area contributed by atoms with E-state index in [1.165, 1.54) is 0 Å². The van der Waals surface area contributed by atoms with Gasteiger partial charge >= 0.3 is 0 Å². The van der Waals surface area contributed by atoms with E-state index in [1.54, 1.807) is 19.2 Å². The molecule has 0 aromatic carbocycles. The van der Waals surface area contributed by atoms with Crippen molar-refractivity contribution in [1.82, 2.24) is 10.3 Å². The molecule has 1 aromatic rings. The van der Waals surface area contributed by atoms with Gasteiger partial charge in [-0.15, -0.1) is 0 Å². The first-order valence-corrected chi connectivity index (χ1v) is 7.72. The summed E-state index contributed by atoms with van der Waals surface area (Å²) in [6.45, 7) is 3.37. The van der Waals surface area contributed by atoms with Crippen molar-refractivity contribution in [2.75, 3.05) is 25.5 Å². The number of aromatic nitrogens is 1. The predicted molar refractivity (Wildman–Crippen MR) is 84.0 cm³/mol. The van der Waals surface area contributed by atoms with Gasteiger partial charge in [0.05, 0.1) is 10.6 Å². The number of hydrogen-bond acceptors (Lipinski definition) is 4. The van der Waals surface area contributed by atoms with Gasteiger partial charge in [-0.1, -0.05) is 18.5 Å². The summed E-state index contributed by atoms with van der Waals surface area (Å²) in [4.78, 5) is 16.5. The van der Waals surface area contributed by atoms with E-state index in [0.717, 1.165) is 32.2 Å². The Labute approximate surface area is 130 Å². The van der Waals surface area contributed by atoms with Gasteiger partial charge in [0.2, 0.25) is 0 Å². The lowest BCUT2D eigenvalue weighted by molar-refractivity contribution is -0.0679. The molecule has 2 rings (SSSR count). The highest BCUT2D eigenvalue weighted by Crippen LogP contribution is 2.34. The largest absolute Gasteiger partial charge is 0.376 e. The first kappa shape index (κ1) is 16.0. The molecule has 0 saturated heterocycles. The van der Waals surface area contributed by atoms with Crippen molar-refractivity contribution >= 4 is 23.3 Å². The molecule has 1 aromatic heterocycles. The van der Waals surface area contributed by atoms with Crippen LogP contribution in [0.5, 0.6) is 0 Å². The highest BCUT2D eigenvalue weighted by molar-refractivity contribution is 6.33. The summed E-state index contributed by atoms with van der Waals surface area (Å²) in [6, 6.07) is 3.47. The zero-order chi connectivity index (χ0) is 15.3. The second-order valence-corrected chi connectivity index (χ2v) is 5.78. The second kappa shape index (κ2) is 7.09. The molecule has 0 aliphatic heterocycles. The van der Waals surface area contributed by atoms with Crippen LogP contribution >= 0.6 is 11.6 Å². The Bertz CT molecular complexity index is 498. The van der Waals surface area contributed by atoms with Crippen LogP contribution in [0.15, 0.2) is 12.1 Å². The summed E-state index contributed by atoms with van der Waals surface area (Å²) in [7, 11) is 1.69. The van der Waals surface area contributed by atoms with Crippen molar-refractivity contribution in [3.8, 4) is 0 Å². The SMILES string of the molecule is CCCNc1ccc(Cl)c(C(=O)NCC2(OC)CCC2)n1. The molecule has 1 heterocycles. The van der Waals surface area contributed by atoms with Gasteiger partial charge in [-0.3, -0.25) is 4.79 Å². The number of amides is 1. The minimum atomic E-state index is -0.261. The average Bonchev–Trinajstić information content (AvgIpc) is 2.45. The van der Waals surface area contributed by atoms with E-state index in [-0.39, 0.29) is 17.2 Å². The lowest BCUT2D eigenvalue weighted by Gasteiger charge is -2.40. The molecule has 1 saturated carbocycles. The van der Waals surface area contributed by atoms with Crippen molar-refractivity contribution in [3.05, 3.63) is 22.8 Å². The normalized spacial score (nSPS) is 16.1. The molecule has 21 heavy (non-hydrogen) atoms. The van der Waals surface area contributed by atoms with Crippen LogP contribution in [0.3, 0.4) is 0 Å². The Morgan fingerprint density at radius 2 is 2.24 bits per heavy atom. The molecule has 0 radical (unpaired) electrons. The number of carbonyl (C=O) groups excluding carboxylic acids is 1. The molecule has 0 bridgehead atoms. The zero-order valence-electron chi connectivity index (χ0n) is 12.5. The summed E-state index contributed by atoms with van der Waals surface area (Å²) in [6.07, 6.45) is 4.08. The van der Waals surface area contributed by atoms with Crippen molar-refractivity contribution in [2.24, 2.45) is 0 Å². The Kier molecular flexibility index (Phi) is 5.42. The number of carbonyl (C=O) groups is 1. The van der Waals surface area contributed by atoms with E-state index < -0.39 is 0 Å². The third kappa shape index (κ3) is 3.86. The topological polar surface area (TPSA) is 63.2 Å². The van der Waals surface area contributed by atoms with Crippen LogP contribution < -0.4 is 10.6 Å². The fraction of sp³-hybridized carbons (Fsp3) is 0.600. The molecule has 0 atom stereocenters. The maximum Gasteiger partial charge on any atom is 0.271 e. The number of rotatable bonds is 7. The number of hydrogen-bond donors (Lipinski definition) is 2. The fourth-order valence-electron chi connectivity index (χ4n) is 2.30. The van der Waals surface area contributed by atoms with Gasteiger partial charge in [0, 0.05) is 20.2 Å². The van der Waals surface area contributed by atoms with Crippen LogP contribution in [0.1, 0.15) is 43.1 Å². The number of methoxy groups -OCH3 is 1. The summed E-state index contributed by atoms with van der Waals surface area (Å²) < 4.78 is 5.49. The Balaban J connectivity index is 2.00. The summed E-state index contributed by atoms with van der Waals surface area (Å²) in [5.41, 5.74) is 0.0450. The molecule has 2 N–H and O–H groups in total. The second-order valence-electron chi connectivity index (χ2n) is 5.38. The van der Waals surface area contributed by atoms with Crippen LogP contribution in [0.25, 0.3) is 0 Å². The number of halogens is 1. The molecule has 0 unspecified atom stereocenters. The van der Waals surface area contributed by atoms with Crippen molar-refractivity contribution in [2.45, 2.75) is 38.2 Å². The van der Waals surface area contributed by atoms with Crippen LogP contribution in [0.2, 0.25) is 5.02 Å². The van der Waals surface area contributed by atoms with Gasteiger partial charge in [0.15, 0.2) is 0 Å². The lowest BCUT2D eigenvalue weighted by atomic mass is 9.80. The van der Waals surface area contributed by atoms with Crippen molar-refractivity contribution in [3.63, 3.8) is 0 Å². The van der Waals surface area contributed by atoms with Gasteiger partial charge < -0.3 is 15.4 Å². The van der Waals surface area contributed by atoms with E-state index in [1.807, 2.05) is 0 Å². The van der Waals surface area contributed by atoms with Gasteiger partial charge in [-0.05, 0) is 37.8 Å². The van der Waals surface area contributed by atoms with Crippen molar-refractivity contribution < 1.29 is 9.53 Å². The molecule has 0 spiro atoms. The first-order valence-electron chi connectivity index (χ1n) is 7.34. The first-order chi connectivity index (χ1) is 10.1. The van der Waals surface area contributed by atoms with Crippen LogP contribution in [0.4, 0.5) is 5.82 Å². The Hall–Kier alpha value is -1.33. The maximum atomic E-state index is 12.3. The number of pyridine rings is 1. The lowest BCUT2D eigenvalue weighted by Crippen LogP contribution is -2.49. The molecule has 116 valence electrons. The molecule has 1 amide bonds. The summed E-state index contributed by atoms with van der Waals surface area (Å²) in [5, 5.41) is 6.38. The van der Waals surface area contributed by atoms with Gasteiger partial charge in [0.25, 0.3) is 5.91 Å². The minimum Gasteiger partial charge on any atom is -0.376 e. The molecule has 6 heteroatoms. The van der Waals surface area contributed by atoms with Crippen LogP contribution in [0, 0.1) is 0 Å². The Morgan fingerprint density at radius 3 is 2.81 bits per heavy atom. The van der Waals surface area contributed by atoms with Crippen LogP contribution in [-0.2, 0) is 4.74 Å². The number of nitrogens with one attached hydrogen (secondary N) is 2. The standard InChI is InChI=1S/C15H22ClN3O2/c1-3-9-17-12-6-5-11(16)13(19-12)14(20)18-10-15(21-2)7-4-8-15/h5-6H,3-4,7-10H2,1-2H3,(H,17,19)(H,18,20). The minimum absolute atomic E-state index is 0.208. The highest BCUT2D eigenvalue weighted by Gasteiger charge is 2.37. The van der Waals surface area contributed by atoms with E-state index in [9.17, 15) is 4.79 Å². The summed E-state index contributed by atoms with van der Waals surface area (Å²) >= 11 is 6.07. The number of nitrogens with zero attached hydrogens (tertiary/aromatic N) is 1. The molecular weight excluding hydrogens is 290 g/mol. The Morgan fingerprint density at radius 1 is 1.48 bits per heavy atom. The molecule has 1 aliphatic carbocycles. The number of ether oxygens (including phenoxy) is 1. The van der Waals surface area contributed by atoms with E-state index in [4.69, 9.17) is 16.3 Å². The zero-order valence-corrected chi connectivity index (χ0v) is 13.3.